The lowest BCUT2D eigenvalue weighted by Crippen LogP contribution is -2.05. The summed E-state index contributed by atoms with van der Waals surface area (Å²) in [7, 11) is 0. The second-order valence-corrected chi connectivity index (χ2v) is 4.58. The molecule has 0 radical (unpaired) electrons. The van der Waals surface area contributed by atoms with E-state index in [-0.39, 0.29) is 11.1 Å². The van der Waals surface area contributed by atoms with E-state index >= 15 is 0 Å². The Morgan fingerprint density at radius 3 is 2.94 bits per heavy atom. The molecule has 2 aromatic rings. The van der Waals surface area contributed by atoms with Crippen molar-refractivity contribution in [3.8, 4) is 0 Å². The van der Waals surface area contributed by atoms with Gasteiger partial charge in [-0.15, -0.1) is 0 Å². The second-order valence-electron chi connectivity index (χ2n) is 4.24. The van der Waals surface area contributed by atoms with Gasteiger partial charge in [-0.05, 0) is 31.4 Å². The number of nitrogens with one attached hydrogen (secondary N) is 2. The first-order valence-corrected chi connectivity index (χ1v) is 5.85. The summed E-state index contributed by atoms with van der Waals surface area (Å²) in [6.07, 6.45) is 3.90. The molecule has 0 unspecified atom stereocenters. The van der Waals surface area contributed by atoms with Crippen LogP contribution in [0.5, 0.6) is 0 Å². The first kappa shape index (κ1) is 10.5. The van der Waals surface area contributed by atoms with Gasteiger partial charge in [0.2, 0.25) is 5.28 Å². The lowest BCUT2D eigenvalue weighted by molar-refractivity contribution is 0.101. The number of aromatic nitrogens is 3. The van der Waals surface area contributed by atoms with Gasteiger partial charge in [-0.3, -0.25) is 4.79 Å². The van der Waals surface area contributed by atoms with E-state index in [1.54, 1.807) is 6.20 Å². The molecule has 2 aromatic heterocycles. The third-order valence-electron chi connectivity index (χ3n) is 2.80. The van der Waals surface area contributed by atoms with Crippen LogP contribution in [0.1, 0.15) is 30.1 Å². The standard InChI is InChI=1S/C11H11ClN4O/c1-5(17)7-4-13-9-8(7)10(14-6-2-3-6)16-11(12)15-9/h4,6H,2-3H2,1H3,(H2,13,14,15,16). The molecule has 0 saturated heterocycles. The molecule has 1 aliphatic rings. The summed E-state index contributed by atoms with van der Waals surface area (Å²) in [6, 6.07) is 0.443. The smallest absolute Gasteiger partial charge is 0.226 e. The molecule has 1 saturated carbocycles. The van der Waals surface area contributed by atoms with Crippen LogP contribution < -0.4 is 5.32 Å². The molecule has 2 heterocycles. The van der Waals surface area contributed by atoms with E-state index < -0.39 is 0 Å². The lowest BCUT2D eigenvalue weighted by Gasteiger charge is -2.06. The third-order valence-corrected chi connectivity index (χ3v) is 2.97. The number of fused-ring (bicyclic) bond motifs is 1. The van der Waals surface area contributed by atoms with Crippen LogP contribution in [0.15, 0.2) is 6.20 Å². The van der Waals surface area contributed by atoms with Gasteiger partial charge < -0.3 is 10.3 Å². The van der Waals surface area contributed by atoms with Crippen molar-refractivity contribution in [1.29, 1.82) is 0 Å². The Hall–Kier alpha value is -1.62. The molecule has 1 aliphatic carbocycles. The second kappa shape index (κ2) is 3.70. The fraction of sp³-hybridized carbons (Fsp3) is 0.364. The highest BCUT2D eigenvalue weighted by Gasteiger charge is 2.24. The van der Waals surface area contributed by atoms with Crippen molar-refractivity contribution in [1.82, 2.24) is 15.0 Å². The van der Waals surface area contributed by atoms with E-state index in [1.807, 2.05) is 0 Å². The molecule has 17 heavy (non-hydrogen) atoms. The fourth-order valence-corrected chi connectivity index (χ4v) is 1.98. The number of Topliss-reactive ketones (excluding diaryl/α,β-unsaturated/α-hetero) is 1. The van der Waals surface area contributed by atoms with Gasteiger partial charge in [0.25, 0.3) is 0 Å². The van der Waals surface area contributed by atoms with Crippen molar-refractivity contribution >= 4 is 34.2 Å². The van der Waals surface area contributed by atoms with Gasteiger partial charge >= 0.3 is 0 Å². The maximum absolute atomic E-state index is 11.5. The number of hydrogen-bond acceptors (Lipinski definition) is 4. The van der Waals surface area contributed by atoms with Gasteiger partial charge in [0.15, 0.2) is 5.78 Å². The molecular formula is C11H11ClN4O. The Bertz CT molecular complexity index is 603. The summed E-state index contributed by atoms with van der Waals surface area (Å²) in [6.45, 7) is 1.53. The number of hydrogen-bond donors (Lipinski definition) is 2. The van der Waals surface area contributed by atoms with Crippen LogP contribution in [0.2, 0.25) is 5.28 Å². The Labute approximate surface area is 103 Å². The van der Waals surface area contributed by atoms with Gasteiger partial charge in [-0.2, -0.15) is 4.98 Å². The van der Waals surface area contributed by atoms with Crippen LogP contribution in [0, 0.1) is 0 Å². The minimum Gasteiger partial charge on any atom is -0.367 e. The van der Waals surface area contributed by atoms with E-state index in [0.29, 0.717) is 23.1 Å². The molecular weight excluding hydrogens is 240 g/mol. The highest BCUT2D eigenvalue weighted by atomic mass is 35.5. The first-order chi connectivity index (χ1) is 8.15. The topological polar surface area (TPSA) is 70.7 Å². The van der Waals surface area contributed by atoms with Gasteiger partial charge in [0.1, 0.15) is 11.5 Å². The van der Waals surface area contributed by atoms with Gasteiger partial charge in [-0.1, -0.05) is 0 Å². The molecule has 3 rings (SSSR count). The zero-order valence-electron chi connectivity index (χ0n) is 9.25. The monoisotopic (exact) mass is 250 g/mol. The van der Waals surface area contributed by atoms with E-state index in [9.17, 15) is 4.79 Å². The maximum atomic E-state index is 11.5. The summed E-state index contributed by atoms with van der Waals surface area (Å²) in [5.41, 5.74) is 1.19. The highest BCUT2D eigenvalue weighted by molar-refractivity contribution is 6.29. The van der Waals surface area contributed by atoms with Crippen molar-refractivity contribution in [3.63, 3.8) is 0 Å². The first-order valence-electron chi connectivity index (χ1n) is 5.47. The van der Waals surface area contributed by atoms with Crippen molar-refractivity contribution in [2.24, 2.45) is 0 Å². The molecule has 0 aliphatic heterocycles. The van der Waals surface area contributed by atoms with E-state index in [1.165, 1.54) is 6.92 Å². The van der Waals surface area contributed by atoms with Crippen LogP contribution in [0.3, 0.4) is 0 Å². The number of anilines is 1. The van der Waals surface area contributed by atoms with Crippen LogP contribution >= 0.6 is 11.6 Å². The summed E-state index contributed by atoms with van der Waals surface area (Å²) < 4.78 is 0. The minimum absolute atomic E-state index is 0.0129. The van der Waals surface area contributed by atoms with Gasteiger partial charge in [-0.25, -0.2) is 4.98 Å². The summed E-state index contributed by atoms with van der Waals surface area (Å²) >= 11 is 5.85. The van der Waals surface area contributed by atoms with E-state index in [0.717, 1.165) is 18.2 Å². The number of carbonyl (C=O) groups excluding carboxylic acids is 1. The van der Waals surface area contributed by atoms with Crippen molar-refractivity contribution in [2.45, 2.75) is 25.8 Å². The molecule has 0 spiro atoms. The molecule has 0 bridgehead atoms. The molecule has 0 atom stereocenters. The molecule has 5 nitrogen and oxygen atoms in total. The maximum Gasteiger partial charge on any atom is 0.226 e. The van der Waals surface area contributed by atoms with E-state index in [2.05, 4.69) is 20.3 Å². The lowest BCUT2D eigenvalue weighted by atomic mass is 10.1. The third kappa shape index (κ3) is 1.86. The minimum atomic E-state index is -0.0129. The predicted octanol–water partition coefficient (Wildman–Crippen LogP) is 2.39. The summed E-state index contributed by atoms with van der Waals surface area (Å²) in [4.78, 5) is 22.7. The Morgan fingerprint density at radius 2 is 2.29 bits per heavy atom. The number of aromatic amines is 1. The van der Waals surface area contributed by atoms with E-state index in [4.69, 9.17) is 11.6 Å². The predicted molar refractivity (Wildman–Crippen MR) is 65.5 cm³/mol. The Kier molecular flexibility index (Phi) is 2.29. The fourth-order valence-electron chi connectivity index (χ4n) is 1.81. The SMILES string of the molecule is CC(=O)c1c[nH]c2nc(Cl)nc(NC3CC3)c12. The number of rotatable bonds is 3. The highest BCUT2D eigenvalue weighted by Crippen LogP contribution is 2.30. The zero-order valence-corrected chi connectivity index (χ0v) is 10.0. The number of nitrogens with zero attached hydrogens (tertiary/aromatic N) is 2. The van der Waals surface area contributed by atoms with Crippen LogP contribution in [-0.2, 0) is 0 Å². The largest absolute Gasteiger partial charge is 0.367 e. The number of carbonyl (C=O) groups is 1. The molecule has 0 amide bonds. The average molecular weight is 251 g/mol. The van der Waals surface area contributed by atoms with Crippen LogP contribution in [0.25, 0.3) is 11.0 Å². The molecule has 2 N–H and O–H groups in total. The van der Waals surface area contributed by atoms with Crippen LogP contribution in [0.4, 0.5) is 5.82 Å². The molecule has 0 aromatic carbocycles. The number of H-pyrrole nitrogens is 1. The van der Waals surface area contributed by atoms with Crippen LogP contribution in [-0.4, -0.2) is 26.8 Å². The van der Waals surface area contributed by atoms with Crippen molar-refractivity contribution < 1.29 is 4.79 Å². The molecule has 1 fully saturated rings. The molecule has 6 heteroatoms. The van der Waals surface area contributed by atoms with Crippen molar-refractivity contribution in [3.05, 3.63) is 17.0 Å². The number of halogens is 1. The average Bonchev–Trinajstić information content (AvgIpc) is 2.94. The quantitative estimate of drug-likeness (QED) is 0.648. The zero-order chi connectivity index (χ0) is 12.0. The number of ketones is 1. The van der Waals surface area contributed by atoms with Crippen molar-refractivity contribution in [2.75, 3.05) is 5.32 Å². The molecule has 88 valence electrons. The summed E-state index contributed by atoms with van der Waals surface area (Å²) in [5.74, 6) is 0.634. The Morgan fingerprint density at radius 1 is 1.53 bits per heavy atom. The van der Waals surface area contributed by atoms with Gasteiger partial charge in [0, 0.05) is 17.8 Å². The summed E-state index contributed by atoms with van der Waals surface area (Å²) in [5, 5.41) is 4.18. The van der Waals surface area contributed by atoms with Gasteiger partial charge in [0.05, 0.1) is 5.39 Å². The Balaban J connectivity index is 2.21. The normalized spacial score (nSPS) is 15.2.